The molecule has 5 heteroatoms. The highest BCUT2D eigenvalue weighted by Crippen LogP contribution is 2.28. The molecule has 1 aliphatic heterocycles. The molecular weight excluding hydrogens is 386 g/mol. The molecule has 0 radical (unpaired) electrons. The van der Waals surface area contributed by atoms with E-state index in [1.807, 2.05) is 72.8 Å². The highest BCUT2D eigenvalue weighted by Gasteiger charge is 2.32. The minimum Gasteiger partial charge on any atom is -0.326 e. The van der Waals surface area contributed by atoms with Crippen molar-refractivity contribution in [3.05, 3.63) is 114 Å². The van der Waals surface area contributed by atoms with Crippen molar-refractivity contribution >= 4 is 35.1 Å². The van der Waals surface area contributed by atoms with E-state index < -0.39 is 0 Å². The molecule has 0 bridgehead atoms. The fraction of sp³-hybridized carbons (Fsp3) is 0.0385. The van der Waals surface area contributed by atoms with Crippen LogP contribution in [-0.4, -0.2) is 17.6 Å². The molecular formula is C26H21N3O2. The van der Waals surface area contributed by atoms with E-state index in [0.717, 1.165) is 11.1 Å². The van der Waals surface area contributed by atoms with Crippen LogP contribution in [0.5, 0.6) is 0 Å². The lowest BCUT2D eigenvalue weighted by molar-refractivity contribution is -0.114. The van der Waals surface area contributed by atoms with Gasteiger partial charge >= 0.3 is 0 Å². The molecule has 0 aliphatic carbocycles. The zero-order chi connectivity index (χ0) is 21.6. The first-order valence-electron chi connectivity index (χ1n) is 9.91. The zero-order valence-electron chi connectivity index (χ0n) is 17.0. The quantitative estimate of drug-likeness (QED) is 0.603. The Kier molecular flexibility index (Phi) is 5.85. The summed E-state index contributed by atoms with van der Waals surface area (Å²) in [5.41, 5.74) is 3.59. The van der Waals surface area contributed by atoms with Crippen LogP contribution in [0.15, 0.2) is 108 Å². The van der Waals surface area contributed by atoms with Crippen molar-refractivity contribution in [3.8, 4) is 0 Å². The number of allylic oxidation sites excluding steroid dienone is 2. The number of amidine groups is 1. The molecule has 3 aromatic carbocycles. The van der Waals surface area contributed by atoms with Gasteiger partial charge in [-0.3, -0.25) is 14.5 Å². The monoisotopic (exact) mass is 407 g/mol. The standard InChI is InChI=1S/C26H21N3O2/c1-19(30)27-22-15-17-23(18-16-22)29-25(21-12-6-3-7-13-21)28-24(26(29)31)14-8-11-20-9-4-2-5-10-20/h2-18H,1H3,(H,27,30). The zero-order valence-corrected chi connectivity index (χ0v) is 17.0. The molecule has 31 heavy (non-hydrogen) atoms. The fourth-order valence-electron chi connectivity index (χ4n) is 3.26. The molecule has 0 fully saturated rings. The van der Waals surface area contributed by atoms with Crippen molar-refractivity contribution in [2.45, 2.75) is 6.92 Å². The summed E-state index contributed by atoms with van der Waals surface area (Å²) in [7, 11) is 0. The Hall–Kier alpha value is -4.25. The lowest BCUT2D eigenvalue weighted by atomic mass is 10.1. The second kappa shape index (κ2) is 9.05. The van der Waals surface area contributed by atoms with Gasteiger partial charge in [-0.2, -0.15) is 0 Å². The largest absolute Gasteiger partial charge is 0.326 e. The van der Waals surface area contributed by atoms with Crippen molar-refractivity contribution in [2.75, 3.05) is 10.2 Å². The smallest absolute Gasteiger partial charge is 0.282 e. The number of anilines is 2. The van der Waals surface area contributed by atoms with Crippen LogP contribution in [0.25, 0.3) is 6.08 Å². The van der Waals surface area contributed by atoms with E-state index in [2.05, 4.69) is 10.3 Å². The number of rotatable bonds is 5. The van der Waals surface area contributed by atoms with Gasteiger partial charge < -0.3 is 5.32 Å². The number of carbonyl (C=O) groups is 2. The molecule has 2 amide bonds. The Bertz CT molecular complexity index is 1180. The number of nitrogens with one attached hydrogen (secondary N) is 1. The van der Waals surface area contributed by atoms with Crippen LogP contribution in [0.1, 0.15) is 18.1 Å². The third-order valence-corrected chi connectivity index (χ3v) is 4.68. The SMILES string of the molecule is CC(=O)Nc1ccc(N2C(=O)C(=CC=Cc3ccccc3)N=C2c2ccccc2)cc1. The van der Waals surface area contributed by atoms with Crippen molar-refractivity contribution in [3.63, 3.8) is 0 Å². The molecule has 0 spiro atoms. The molecule has 0 unspecified atom stereocenters. The van der Waals surface area contributed by atoms with Crippen molar-refractivity contribution in [1.29, 1.82) is 0 Å². The number of nitrogens with zero attached hydrogens (tertiary/aromatic N) is 2. The van der Waals surface area contributed by atoms with Gasteiger partial charge in [0.15, 0.2) is 0 Å². The molecule has 5 nitrogen and oxygen atoms in total. The molecule has 0 saturated heterocycles. The normalized spacial score (nSPS) is 14.9. The third-order valence-electron chi connectivity index (χ3n) is 4.68. The summed E-state index contributed by atoms with van der Waals surface area (Å²) >= 11 is 0. The van der Waals surface area contributed by atoms with Crippen LogP contribution in [-0.2, 0) is 9.59 Å². The first-order valence-corrected chi connectivity index (χ1v) is 9.91. The molecule has 0 saturated carbocycles. The van der Waals surface area contributed by atoms with Crippen molar-refractivity contribution < 1.29 is 9.59 Å². The van der Waals surface area contributed by atoms with E-state index in [-0.39, 0.29) is 11.8 Å². The van der Waals surface area contributed by atoms with E-state index >= 15 is 0 Å². The topological polar surface area (TPSA) is 61.8 Å². The van der Waals surface area contributed by atoms with Crippen molar-refractivity contribution in [2.24, 2.45) is 4.99 Å². The summed E-state index contributed by atoms with van der Waals surface area (Å²) in [6, 6.07) is 26.6. The minimum atomic E-state index is -0.205. The highest BCUT2D eigenvalue weighted by atomic mass is 16.2. The van der Waals surface area contributed by atoms with E-state index in [1.54, 1.807) is 35.2 Å². The maximum Gasteiger partial charge on any atom is 0.282 e. The molecule has 152 valence electrons. The summed E-state index contributed by atoms with van der Waals surface area (Å²) in [6.07, 6.45) is 5.49. The Balaban J connectivity index is 1.68. The van der Waals surface area contributed by atoms with Gasteiger partial charge in [0, 0.05) is 18.2 Å². The Labute approximate surface area is 181 Å². The summed E-state index contributed by atoms with van der Waals surface area (Å²) in [4.78, 5) is 30.7. The van der Waals surface area contributed by atoms with Gasteiger partial charge in [0.25, 0.3) is 5.91 Å². The van der Waals surface area contributed by atoms with Crippen LogP contribution in [0.3, 0.4) is 0 Å². The minimum absolute atomic E-state index is 0.146. The number of hydrogen-bond acceptors (Lipinski definition) is 3. The molecule has 1 heterocycles. The lowest BCUT2D eigenvalue weighted by Crippen LogP contribution is -2.32. The number of benzene rings is 3. The molecule has 0 aromatic heterocycles. The fourth-order valence-corrected chi connectivity index (χ4v) is 3.26. The van der Waals surface area contributed by atoms with Crippen LogP contribution in [0.4, 0.5) is 11.4 Å². The number of amides is 2. The predicted octanol–water partition coefficient (Wildman–Crippen LogP) is 5.04. The second-order valence-corrected chi connectivity index (χ2v) is 6.99. The van der Waals surface area contributed by atoms with Gasteiger partial charge in [0.05, 0.1) is 5.69 Å². The molecule has 1 N–H and O–H groups in total. The van der Waals surface area contributed by atoms with Gasteiger partial charge in [-0.15, -0.1) is 0 Å². The van der Waals surface area contributed by atoms with Crippen molar-refractivity contribution in [1.82, 2.24) is 0 Å². The number of hydrogen-bond donors (Lipinski definition) is 1. The first kappa shape index (κ1) is 20.0. The van der Waals surface area contributed by atoms with Gasteiger partial charge in [-0.05, 0) is 35.9 Å². The second-order valence-electron chi connectivity index (χ2n) is 6.99. The van der Waals surface area contributed by atoms with Gasteiger partial charge in [0.2, 0.25) is 5.91 Å². The third kappa shape index (κ3) is 4.67. The molecule has 1 aliphatic rings. The van der Waals surface area contributed by atoms with Crippen LogP contribution >= 0.6 is 0 Å². The Morgan fingerprint density at radius 2 is 1.55 bits per heavy atom. The number of carbonyl (C=O) groups excluding carboxylic acids is 2. The van der Waals surface area contributed by atoms with E-state index in [0.29, 0.717) is 22.9 Å². The predicted molar refractivity (Wildman–Crippen MR) is 125 cm³/mol. The maximum atomic E-state index is 13.2. The van der Waals surface area contributed by atoms with Gasteiger partial charge in [-0.25, -0.2) is 4.99 Å². The van der Waals surface area contributed by atoms with Gasteiger partial charge in [0.1, 0.15) is 11.5 Å². The summed E-state index contributed by atoms with van der Waals surface area (Å²) in [5, 5.41) is 2.74. The Morgan fingerprint density at radius 3 is 2.19 bits per heavy atom. The Morgan fingerprint density at radius 1 is 0.903 bits per heavy atom. The summed E-state index contributed by atoms with van der Waals surface area (Å²) in [6.45, 7) is 1.46. The summed E-state index contributed by atoms with van der Waals surface area (Å²) in [5.74, 6) is 0.216. The van der Waals surface area contributed by atoms with E-state index in [4.69, 9.17) is 0 Å². The van der Waals surface area contributed by atoms with E-state index in [1.165, 1.54) is 6.92 Å². The van der Waals surface area contributed by atoms with Gasteiger partial charge in [-0.1, -0.05) is 72.8 Å². The van der Waals surface area contributed by atoms with Crippen LogP contribution < -0.4 is 10.2 Å². The van der Waals surface area contributed by atoms with Crippen LogP contribution in [0, 0.1) is 0 Å². The average Bonchev–Trinajstić information content (AvgIpc) is 3.11. The highest BCUT2D eigenvalue weighted by molar-refractivity contribution is 6.32. The lowest BCUT2D eigenvalue weighted by Gasteiger charge is -2.19. The first-order chi connectivity index (χ1) is 15.1. The van der Waals surface area contributed by atoms with E-state index in [9.17, 15) is 9.59 Å². The maximum absolute atomic E-state index is 13.2. The molecule has 0 atom stereocenters. The molecule has 4 rings (SSSR count). The number of aliphatic imine (C=N–C) groups is 1. The summed E-state index contributed by atoms with van der Waals surface area (Å²) < 4.78 is 0. The average molecular weight is 407 g/mol. The van der Waals surface area contributed by atoms with Crippen LogP contribution in [0.2, 0.25) is 0 Å². The molecule has 3 aromatic rings.